The van der Waals surface area contributed by atoms with Gasteiger partial charge in [0, 0.05) is 74.9 Å². The van der Waals surface area contributed by atoms with E-state index < -0.39 is 0 Å². The van der Waals surface area contributed by atoms with Crippen molar-refractivity contribution in [1.29, 1.82) is 0 Å². The van der Waals surface area contributed by atoms with Gasteiger partial charge in [-0.05, 0) is 61.6 Å². The fourth-order valence-corrected chi connectivity index (χ4v) is 6.00. The lowest BCUT2D eigenvalue weighted by atomic mass is 10.1. The molecule has 7 nitrogen and oxygen atoms in total. The topological polar surface area (TPSA) is 56.1 Å². The van der Waals surface area contributed by atoms with Gasteiger partial charge in [0.15, 0.2) is 0 Å². The van der Waals surface area contributed by atoms with Crippen LogP contribution in [-0.2, 0) is 4.79 Å². The first-order valence-electron chi connectivity index (χ1n) is 13.7. The van der Waals surface area contributed by atoms with Crippen LogP contribution in [-0.4, -0.2) is 72.3 Å². The summed E-state index contributed by atoms with van der Waals surface area (Å²) >= 11 is 0. The first-order valence-corrected chi connectivity index (χ1v) is 13.7. The maximum absolute atomic E-state index is 12.5. The molecule has 3 fully saturated rings. The van der Waals surface area contributed by atoms with Crippen LogP contribution in [0.3, 0.4) is 0 Å². The smallest absolute Gasteiger partial charge is 0.225 e. The Hall–Kier alpha value is -3.06. The summed E-state index contributed by atoms with van der Waals surface area (Å²) in [5, 5.41) is 8.13. The van der Waals surface area contributed by atoms with E-state index in [0.29, 0.717) is 17.9 Å². The summed E-state index contributed by atoms with van der Waals surface area (Å²) in [6.45, 7) is 11.1. The second-order valence-corrected chi connectivity index (χ2v) is 10.9. The van der Waals surface area contributed by atoms with Gasteiger partial charge in [-0.25, -0.2) is 4.52 Å². The van der Waals surface area contributed by atoms with E-state index in [4.69, 9.17) is 0 Å². The van der Waals surface area contributed by atoms with Gasteiger partial charge in [0.2, 0.25) is 5.91 Å². The molecule has 2 saturated heterocycles. The summed E-state index contributed by atoms with van der Waals surface area (Å²) in [7, 11) is 0. The van der Waals surface area contributed by atoms with Crippen LogP contribution in [0.15, 0.2) is 48.8 Å². The van der Waals surface area contributed by atoms with Crippen molar-refractivity contribution in [2.24, 2.45) is 11.8 Å². The zero-order valence-electron chi connectivity index (χ0n) is 21.6. The van der Waals surface area contributed by atoms with E-state index in [1.165, 1.54) is 28.9 Å². The number of likely N-dealkylation sites (N-methyl/N-ethyl adjacent to an activating group) is 1. The molecular weight excluding hydrogens is 448 g/mol. The molecule has 2 aliphatic heterocycles. The van der Waals surface area contributed by atoms with Gasteiger partial charge in [0.1, 0.15) is 0 Å². The molecule has 4 heterocycles. The number of hydrogen-bond acceptors (Lipinski definition) is 5. The second-order valence-electron chi connectivity index (χ2n) is 10.9. The van der Waals surface area contributed by atoms with E-state index in [0.717, 1.165) is 70.1 Å². The van der Waals surface area contributed by atoms with Crippen LogP contribution in [0.4, 0.5) is 11.4 Å². The van der Waals surface area contributed by atoms with Gasteiger partial charge < -0.3 is 20.0 Å². The number of benzene rings is 1. The highest BCUT2D eigenvalue weighted by Crippen LogP contribution is 2.34. The van der Waals surface area contributed by atoms with E-state index in [1.807, 2.05) is 10.7 Å². The summed E-state index contributed by atoms with van der Waals surface area (Å²) in [6, 6.07) is 14.0. The van der Waals surface area contributed by atoms with Gasteiger partial charge >= 0.3 is 0 Å². The quantitative estimate of drug-likeness (QED) is 0.549. The average molecular weight is 487 g/mol. The van der Waals surface area contributed by atoms with Crippen molar-refractivity contribution < 1.29 is 4.79 Å². The van der Waals surface area contributed by atoms with Crippen LogP contribution in [0.25, 0.3) is 16.6 Å². The van der Waals surface area contributed by atoms with E-state index in [9.17, 15) is 4.79 Å². The molecular formula is C29H38N6O. The van der Waals surface area contributed by atoms with E-state index in [1.54, 1.807) is 0 Å². The standard InChI is InChI=1S/C29H38N6O/c1-3-30-18-26-16-21(2)19-34(26)25-8-6-22(7-9-25)24-17-28-27(10-11-31-35(28)20-24)32-12-14-33(15-13-32)29(36)23-4-5-23/h6-11,17,20-21,23,26,30H,3-5,12-16,18-19H2,1-2H3/t21-,26+/m1/s1. The molecule has 2 atom stereocenters. The van der Waals surface area contributed by atoms with Crippen molar-refractivity contribution in [3.8, 4) is 11.1 Å². The molecule has 6 rings (SSSR count). The molecule has 2 aromatic heterocycles. The SMILES string of the molecule is CCNC[C@@H]1C[C@@H](C)CN1c1ccc(-c2cc3c(N4CCN(C(=O)C5CC5)CC4)ccnn3c2)cc1. The third-order valence-corrected chi connectivity index (χ3v) is 8.13. The van der Waals surface area contributed by atoms with Crippen molar-refractivity contribution in [3.63, 3.8) is 0 Å². The van der Waals surface area contributed by atoms with Crippen LogP contribution in [0, 0.1) is 11.8 Å². The minimum atomic E-state index is 0.302. The molecule has 0 unspecified atom stereocenters. The minimum absolute atomic E-state index is 0.302. The Morgan fingerprint density at radius 1 is 1.06 bits per heavy atom. The third-order valence-electron chi connectivity index (χ3n) is 8.13. The van der Waals surface area contributed by atoms with Crippen molar-refractivity contribution >= 4 is 22.8 Å². The fraction of sp³-hybridized carbons (Fsp3) is 0.517. The lowest BCUT2D eigenvalue weighted by Crippen LogP contribution is -2.49. The number of carbonyl (C=O) groups excluding carboxylic acids is 1. The number of anilines is 2. The highest BCUT2D eigenvalue weighted by atomic mass is 16.2. The van der Waals surface area contributed by atoms with Gasteiger partial charge in [0.05, 0.1) is 11.2 Å². The van der Waals surface area contributed by atoms with Gasteiger partial charge in [0.25, 0.3) is 0 Å². The molecule has 0 bridgehead atoms. The minimum Gasteiger partial charge on any atom is -0.367 e. The Morgan fingerprint density at radius 3 is 2.56 bits per heavy atom. The Kier molecular flexibility index (Phi) is 6.34. The number of aromatic nitrogens is 2. The largest absolute Gasteiger partial charge is 0.367 e. The van der Waals surface area contributed by atoms with E-state index in [-0.39, 0.29) is 0 Å². The normalized spacial score (nSPS) is 22.6. The number of nitrogens with one attached hydrogen (secondary N) is 1. The average Bonchev–Trinajstić information content (AvgIpc) is 3.56. The zero-order valence-corrected chi connectivity index (χ0v) is 21.6. The van der Waals surface area contributed by atoms with Crippen LogP contribution in [0.2, 0.25) is 0 Å². The van der Waals surface area contributed by atoms with Gasteiger partial charge in [-0.2, -0.15) is 5.10 Å². The molecule has 1 aliphatic carbocycles. The summed E-state index contributed by atoms with van der Waals surface area (Å²) in [4.78, 5) is 19.5. The predicted octanol–water partition coefficient (Wildman–Crippen LogP) is 3.88. The van der Waals surface area contributed by atoms with Crippen molar-refractivity contribution in [2.45, 2.75) is 39.2 Å². The highest BCUT2D eigenvalue weighted by molar-refractivity contribution is 5.82. The Balaban J connectivity index is 1.19. The molecule has 0 radical (unpaired) electrons. The third kappa shape index (κ3) is 4.57. The van der Waals surface area contributed by atoms with Crippen LogP contribution in [0.5, 0.6) is 0 Å². The predicted molar refractivity (Wildman–Crippen MR) is 146 cm³/mol. The molecule has 1 amide bonds. The summed E-state index contributed by atoms with van der Waals surface area (Å²) in [5.74, 6) is 1.39. The molecule has 1 saturated carbocycles. The molecule has 36 heavy (non-hydrogen) atoms. The Morgan fingerprint density at radius 2 is 1.83 bits per heavy atom. The summed E-state index contributed by atoms with van der Waals surface area (Å²) in [5.41, 5.74) is 6.03. The lowest BCUT2D eigenvalue weighted by Gasteiger charge is -2.36. The first kappa shape index (κ1) is 23.3. The monoisotopic (exact) mass is 486 g/mol. The number of amides is 1. The Labute approximate surface area is 214 Å². The number of hydrogen-bond donors (Lipinski definition) is 1. The molecule has 7 heteroatoms. The van der Waals surface area contributed by atoms with E-state index in [2.05, 4.69) is 81.6 Å². The van der Waals surface area contributed by atoms with Gasteiger partial charge in [-0.15, -0.1) is 0 Å². The molecule has 0 spiro atoms. The molecule has 3 aliphatic rings. The maximum Gasteiger partial charge on any atom is 0.225 e. The summed E-state index contributed by atoms with van der Waals surface area (Å²) in [6.07, 6.45) is 7.41. The fourth-order valence-electron chi connectivity index (χ4n) is 6.00. The zero-order chi connectivity index (χ0) is 24.6. The van der Waals surface area contributed by atoms with Gasteiger partial charge in [-0.1, -0.05) is 26.0 Å². The van der Waals surface area contributed by atoms with Gasteiger partial charge in [-0.3, -0.25) is 4.79 Å². The second kappa shape index (κ2) is 9.77. The molecule has 1 aromatic carbocycles. The lowest BCUT2D eigenvalue weighted by molar-refractivity contribution is -0.132. The molecule has 3 aromatic rings. The number of fused-ring (bicyclic) bond motifs is 1. The van der Waals surface area contributed by atoms with Crippen molar-refractivity contribution in [2.75, 3.05) is 55.6 Å². The maximum atomic E-state index is 12.5. The first-order chi connectivity index (χ1) is 17.6. The highest BCUT2D eigenvalue weighted by Gasteiger charge is 2.35. The number of piperazine rings is 1. The van der Waals surface area contributed by atoms with Crippen molar-refractivity contribution in [1.82, 2.24) is 19.8 Å². The summed E-state index contributed by atoms with van der Waals surface area (Å²) < 4.78 is 1.99. The number of rotatable bonds is 7. The molecule has 190 valence electrons. The number of carbonyl (C=O) groups is 1. The Bertz CT molecular complexity index is 1210. The molecule has 1 N–H and O–H groups in total. The van der Waals surface area contributed by atoms with Crippen molar-refractivity contribution in [3.05, 3.63) is 48.8 Å². The van der Waals surface area contributed by atoms with Crippen LogP contribution >= 0.6 is 0 Å². The van der Waals surface area contributed by atoms with Crippen LogP contribution < -0.4 is 15.1 Å². The number of nitrogens with zero attached hydrogens (tertiary/aromatic N) is 5. The van der Waals surface area contributed by atoms with E-state index >= 15 is 0 Å². The van der Waals surface area contributed by atoms with Crippen LogP contribution in [0.1, 0.15) is 33.1 Å².